The molecule has 1 aliphatic rings. The SMILES string of the molecule is Nc1ccc(N2CCN(C(=O)c3ccc(Cl)c(Cl)c3)CC2)cc1. The minimum atomic E-state index is -0.0134. The Balaban J connectivity index is 1.65. The van der Waals surface area contributed by atoms with Crippen molar-refractivity contribution in [3.8, 4) is 0 Å². The Morgan fingerprint density at radius 3 is 2.17 bits per heavy atom. The van der Waals surface area contributed by atoms with E-state index in [0.717, 1.165) is 24.5 Å². The Labute approximate surface area is 145 Å². The molecule has 0 saturated carbocycles. The van der Waals surface area contributed by atoms with Crippen LogP contribution in [0.2, 0.25) is 10.0 Å². The number of nitrogen functional groups attached to an aromatic ring is 1. The largest absolute Gasteiger partial charge is 0.399 e. The molecule has 2 aromatic carbocycles. The number of benzene rings is 2. The van der Waals surface area contributed by atoms with Gasteiger partial charge < -0.3 is 15.5 Å². The van der Waals surface area contributed by atoms with Crippen molar-refractivity contribution in [3.05, 3.63) is 58.1 Å². The van der Waals surface area contributed by atoms with E-state index in [1.54, 1.807) is 18.2 Å². The molecule has 0 atom stereocenters. The Morgan fingerprint density at radius 2 is 1.57 bits per heavy atom. The molecule has 0 unspecified atom stereocenters. The van der Waals surface area contributed by atoms with Crippen LogP contribution in [-0.2, 0) is 0 Å². The second kappa shape index (κ2) is 6.69. The average molecular weight is 350 g/mol. The van der Waals surface area contributed by atoms with Gasteiger partial charge >= 0.3 is 0 Å². The van der Waals surface area contributed by atoms with Crippen LogP contribution in [0.15, 0.2) is 42.5 Å². The summed E-state index contributed by atoms with van der Waals surface area (Å²) in [6.45, 7) is 2.92. The number of nitrogens with two attached hydrogens (primary N) is 1. The van der Waals surface area contributed by atoms with Gasteiger partial charge in [0.25, 0.3) is 5.91 Å². The molecular weight excluding hydrogens is 333 g/mol. The maximum Gasteiger partial charge on any atom is 0.254 e. The van der Waals surface area contributed by atoms with E-state index >= 15 is 0 Å². The topological polar surface area (TPSA) is 49.6 Å². The van der Waals surface area contributed by atoms with E-state index in [2.05, 4.69) is 4.90 Å². The van der Waals surface area contributed by atoms with Gasteiger partial charge in [-0.05, 0) is 42.5 Å². The van der Waals surface area contributed by atoms with Crippen molar-refractivity contribution in [2.75, 3.05) is 36.8 Å². The number of carbonyl (C=O) groups excluding carboxylic acids is 1. The van der Waals surface area contributed by atoms with Gasteiger partial charge in [0.1, 0.15) is 0 Å². The maximum atomic E-state index is 12.5. The fourth-order valence-electron chi connectivity index (χ4n) is 2.66. The molecule has 0 bridgehead atoms. The van der Waals surface area contributed by atoms with E-state index in [-0.39, 0.29) is 5.91 Å². The van der Waals surface area contributed by atoms with Crippen molar-refractivity contribution in [2.45, 2.75) is 0 Å². The lowest BCUT2D eigenvalue weighted by Crippen LogP contribution is -2.48. The highest BCUT2D eigenvalue weighted by molar-refractivity contribution is 6.42. The molecule has 1 saturated heterocycles. The van der Waals surface area contributed by atoms with E-state index < -0.39 is 0 Å². The summed E-state index contributed by atoms with van der Waals surface area (Å²) in [5, 5.41) is 0.856. The van der Waals surface area contributed by atoms with Crippen LogP contribution in [0.4, 0.5) is 11.4 Å². The molecule has 1 amide bonds. The highest BCUT2D eigenvalue weighted by Crippen LogP contribution is 2.24. The van der Waals surface area contributed by atoms with Gasteiger partial charge in [0.05, 0.1) is 10.0 Å². The van der Waals surface area contributed by atoms with Gasteiger partial charge in [0.2, 0.25) is 0 Å². The third-order valence-corrected chi connectivity index (χ3v) is 4.73. The molecule has 0 aromatic heterocycles. The van der Waals surface area contributed by atoms with Gasteiger partial charge in [-0.1, -0.05) is 23.2 Å². The first-order valence-corrected chi connectivity index (χ1v) is 8.15. The van der Waals surface area contributed by atoms with Crippen molar-refractivity contribution in [1.82, 2.24) is 4.90 Å². The summed E-state index contributed by atoms with van der Waals surface area (Å²) in [7, 11) is 0. The Morgan fingerprint density at radius 1 is 0.913 bits per heavy atom. The Bertz CT molecular complexity index is 710. The lowest BCUT2D eigenvalue weighted by atomic mass is 10.1. The zero-order valence-electron chi connectivity index (χ0n) is 12.5. The standard InChI is InChI=1S/C17H17Cl2N3O/c18-15-6-1-12(11-16(15)19)17(23)22-9-7-21(8-10-22)14-4-2-13(20)3-5-14/h1-6,11H,7-10,20H2. The van der Waals surface area contributed by atoms with Crippen LogP contribution in [0, 0.1) is 0 Å². The molecule has 23 heavy (non-hydrogen) atoms. The Hall–Kier alpha value is -1.91. The van der Waals surface area contributed by atoms with Gasteiger partial charge in [-0.15, -0.1) is 0 Å². The van der Waals surface area contributed by atoms with Crippen LogP contribution in [-0.4, -0.2) is 37.0 Å². The van der Waals surface area contributed by atoms with E-state index in [9.17, 15) is 4.79 Å². The molecule has 4 nitrogen and oxygen atoms in total. The van der Waals surface area contributed by atoms with E-state index in [0.29, 0.717) is 28.7 Å². The zero-order chi connectivity index (χ0) is 16.4. The first-order chi connectivity index (χ1) is 11.0. The van der Waals surface area contributed by atoms with Gasteiger partial charge in [-0.25, -0.2) is 0 Å². The number of amides is 1. The van der Waals surface area contributed by atoms with Crippen molar-refractivity contribution < 1.29 is 4.79 Å². The highest BCUT2D eigenvalue weighted by atomic mass is 35.5. The highest BCUT2D eigenvalue weighted by Gasteiger charge is 2.22. The van der Waals surface area contributed by atoms with Crippen LogP contribution in [0.1, 0.15) is 10.4 Å². The van der Waals surface area contributed by atoms with Gasteiger partial charge in [0.15, 0.2) is 0 Å². The van der Waals surface area contributed by atoms with Crippen molar-refractivity contribution in [2.24, 2.45) is 0 Å². The molecule has 0 spiro atoms. The third kappa shape index (κ3) is 3.54. The van der Waals surface area contributed by atoms with Gasteiger partial charge in [0, 0.05) is 43.1 Å². The normalized spacial score (nSPS) is 14.9. The zero-order valence-corrected chi connectivity index (χ0v) is 14.0. The molecule has 6 heteroatoms. The van der Waals surface area contributed by atoms with Gasteiger partial charge in [-0.2, -0.15) is 0 Å². The summed E-state index contributed by atoms with van der Waals surface area (Å²) in [6.07, 6.45) is 0. The Kier molecular flexibility index (Phi) is 4.64. The first-order valence-electron chi connectivity index (χ1n) is 7.39. The van der Waals surface area contributed by atoms with Crippen LogP contribution in [0.3, 0.4) is 0 Å². The molecular formula is C17H17Cl2N3O. The van der Waals surface area contributed by atoms with E-state index in [4.69, 9.17) is 28.9 Å². The van der Waals surface area contributed by atoms with E-state index in [1.807, 2.05) is 29.2 Å². The summed E-state index contributed by atoms with van der Waals surface area (Å²) >= 11 is 11.9. The number of hydrogen-bond donors (Lipinski definition) is 1. The van der Waals surface area contributed by atoms with Crippen LogP contribution >= 0.6 is 23.2 Å². The number of anilines is 2. The fraction of sp³-hybridized carbons (Fsp3) is 0.235. The quantitative estimate of drug-likeness (QED) is 0.843. The summed E-state index contributed by atoms with van der Waals surface area (Å²) in [6, 6.07) is 12.8. The molecule has 120 valence electrons. The van der Waals surface area contributed by atoms with Crippen LogP contribution in [0.25, 0.3) is 0 Å². The fourth-order valence-corrected chi connectivity index (χ4v) is 2.96. The van der Waals surface area contributed by atoms with E-state index in [1.165, 1.54) is 0 Å². The summed E-state index contributed by atoms with van der Waals surface area (Å²) in [5.41, 5.74) is 8.16. The smallest absolute Gasteiger partial charge is 0.254 e. The molecule has 1 fully saturated rings. The summed E-state index contributed by atoms with van der Waals surface area (Å²) < 4.78 is 0. The number of hydrogen-bond acceptors (Lipinski definition) is 3. The third-order valence-electron chi connectivity index (χ3n) is 3.99. The van der Waals surface area contributed by atoms with Crippen molar-refractivity contribution in [1.29, 1.82) is 0 Å². The number of carbonyl (C=O) groups is 1. The van der Waals surface area contributed by atoms with Crippen molar-refractivity contribution >= 4 is 40.5 Å². The molecule has 1 heterocycles. The second-order valence-corrected chi connectivity index (χ2v) is 6.31. The molecule has 0 aliphatic carbocycles. The summed E-state index contributed by atoms with van der Waals surface area (Å²) in [4.78, 5) is 16.6. The first kappa shape index (κ1) is 16.0. The predicted molar refractivity (Wildman–Crippen MR) is 95.4 cm³/mol. The average Bonchev–Trinajstić information content (AvgIpc) is 2.57. The molecule has 2 aromatic rings. The second-order valence-electron chi connectivity index (χ2n) is 5.50. The van der Waals surface area contributed by atoms with Crippen LogP contribution < -0.4 is 10.6 Å². The minimum absolute atomic E-state index is 0.0134. The number of rotatable bonds is 2. The molecule has 0 radical (unpaired) electrons. The van der Waals surface area contributed by atoms with Crippen LogP contribution in [0.5, 0.6) is 0 Å². The monoisotopic (exact) mass is 349 g/mol. The molecule has 1 aliphatic heterocycles. The minimum Gasteiger partial charge on any atom is -0.399 e. The predicted octanol–water partition coefficient (Wildman–Crippen LogP) is 3.54. The number of nitrogens with zero attached hydrogens (tertiary/aromatic N) is 2. The molecule has 2 N–H and O–H groups in total. The number of halogens is 2. The molecule has 3 rings (SSSR count). The lowest BCUT2D eigenvalue weighted by molar-refractivity contribution is 0.0747. The van der Waals surface area contributed by atoms with Gasteiger partial charge in [-0.3, -0.25) is 4.79 Å². The van der Waals surface area contributed by atoms with Crippen molar-refractivity contribution in [3.63, 3.8) is 0 Å². The maximum absolute atomic E-state index is 12.5. The lowest BCUT2D eigenvalue weighted by Gasteiger charge is -2.36. The number of piperazine rings is 1. The summed E-state index contributed by atoms with van der Waals surface area (Å²) in [5.74, 6) is -0.0134.